The van der Waals surface area contributed by atoms with Gasteiger partial charge in [-0.2, -0.15) is 0 Å². The molecule has 1 aliphatic rings. The average Bonchev–Trinajstić information content (AvgIpc) is 2.47. The summed E-state index contributed by atoms with van der Waals surface area (Å²) >= 11 is 0. The predicted octanol–water partition coefficient (Wildman–Crippen LogP) is 3.03. The number of amides is 1. The third-order valence-electron chi connectivity index (χ3n) is 3.79. The summed E-state index contributed by atoms with van der Waals surface area (Å²) in [5.74, 6) is -0.892. The van der Waals surface area contributed by atoms with E-state index >= 15 is 0 Å². The number of nitrogens with two attached hydrogens (primary N) is 1. The van der Waals surface area contributed by atoms with Crippen LogP contribution in [0.5, 0.6) is 0 Å². The van der Waals surface area contributed by atoms with E-state index in [1.807, 2.05) is 0 Å². The molecule has 0 saturated carbocycles. The van der Waals surface area contributed by atoms with Crippen LogP contribution in [0.15, 0.2) is 42.5 Å². The Morgan fingerprint density at radius 2 is 2.05 bits per heavy atom. The van der Waals surface area contributed by atoms with Crippen LogP contribution in [-0.4, -0.2) is 17.7 Å². The largest absolute Gasteiger partial charge is 0.399 e. The Bertz CT molecular complexity index is 773. The van der Waals surface area contributed by atoms with Gasteiger partial charge in [-0.15, -0.1) is 0 Å². The maximum atomic E-state index is 13.4. The fourth-order valence-corrected chi connectivity index (χ4v) is 2.77. The molecule has 2 N–H and O–H groups in total. The summed E-state index contributed by atoms with van der Waals surface area (Å²) < 4.78 is 13.4. The molecule has 5 heteroatoms. The lowest BCUT2D eigenvalue weighted by Gasteiger charge is -2.34. The normalized spacial score (nSPS) is 17.3. The zero-order valence-corrected chi connectivity index (χ0v) is 12.0. The Hall–Kier alpha value is -2.69. The minimum absolute atomic E-state index is 0.154. The minimum Gasteiger partial charge on any atom is -0.399 e. The van der Waals surface area contributed by atoms with Gasteiger partial charge in [-0.25, -0.2) is 4.39 Å². The maximum absolute atomic E-state index is 13.4. The van der Waals surface area contributed by atoms with Crippen LogP contribution < -0.4 is 10.6 Å². The third kappa shape index (κ3) is 2.35. The van der Waals surface area contributed by atoms with Gasteiger partial charge in [0, 0.05) is 29.3 Å². The number of carbonyl (C=O) groups excluding carboxylic acids is 2. The molecule has 0 spiro atoms. The van der Waals surface area contributed by atoms with Gasteiger partial charge in [0.1, 0.15) is 5.82 Å². The standard InChI is InChI=1S/C17H15FN2O2/c1-10-7-16(21)14-9-12(18)5-6-15(14)20(10)17(22)11-3-2-4-13(19)8-11/h2-6,8-10H,7,19H2,1H3. The Balaban J connectivity index is 2.09. The second-order valence-corrected chi connectivity index (χ2v) is 5.44. The summed E-state index contributed by atoms with van der Waals surface area (Å²) in [7, 11) is 0. The van der Waals surface area contributed by atoms with E-state index in [0.29, 0.717) is 16.9 Å². The highest BCUT2D eigenvalue weighted by Gasteiger charge is 2.33. The molecule has 1 unspecified atom stereocenters. The number of benzene rings is 2. The van der Waals surface area contributed by atoms with Crippen LogP contribution in [0.4, 0.5) is 15.8 Å². The van der Waals surface area contributed by atoms with Crippen LogP contribution in [0.25, 0.3) is 0 Å². The van der Waals surface area contributed by atoms with Gasteiger partial charge in [-0.05, 0) is 43.3 Å². The summed E-state index contributed by atoms with van der Waals surface area (Å²) in [4.78, 5) is 26.4. The number of ketones is 1. The van der Waals surface area contributed by atoms with Crippen LogP contribution >= 0.6 is 0 Å². The second kappa shape index (κ2) is 5.26. The van der Waals surface area contributed by atoms with Gasteiger partial charge in [0.2, 0.25) is 0 Å². The zero-order chi connectivity index (χ0) is 15.9. The first-order chi connectivity index (χ1) is 10.5. The van der Waals surface area contributed by atoms with E-state index < -0.39 is 5.82 Å². The Labute approximate surface area is 127 Å². The van der Waals surface area contributed by atoms with E-state index in [1.165, 1.54) is 23.1 Å². The molecule has 3 rings (SSSR count). The zero-order valence-electron chi connectivity index (χ0n) is 12.0. The molecule has 2 aromatic rings. The fourth-order valence-electron chi connectivity index (χ4n) is 2.77. The molecule has 0 saturated heterocycles. The quantitative estimate of drug-likeness (QED) is 0.823. The van der Waals surface area contributed by atoms with E-state index in [9.17, 15) is 14.0 Å². The second-order valence-electron chi connectivity index (χ2n) is 5.44. The fraction of sp³-hybridized carbons (Fsp3) is 0.176. The van der Waals surface area contributed by atoms with Crippen molar-refractivity contribution in [3.05, 3.63) is 59.4 Å². The molecule has 4 nitrogen and oxygen atoms in total. The molecule has 0 radical (unpaired) electrons. The molecule has 0 fully saturated rings. The minimum atomic E-state index is -0.488. The molecule has 2 aromatic carbocycles. The maximum Gasteiger partial charge on any atom is 0.258 e. The lowest BCUT2D eigenvalue weighted by atomic mass is 9.94. The number of hydrogen-bond donors (Lipinski definition) is 1. The molecule has 22 heavy (non-hydrogen) atoms. The molecule has 1 amide bonds. The van der Waals surface area contributed by atoms with Crippen molar-refractivity contribution in [2.24, 2.45) is 0 Å². The first kappa shape index (κ1) is 14.3. The molecule has 0 aromatic heterocycles. The highest BCUT2D eigenvalue weighted by molar-refractivity contribution is 6.14. The first-order valence-corrected chi connectivity index (χ1v) is 6.99. The van der Waals surface area contributed by atoms with Gasteiger partial charge in [0.15, 0.2) is 5.78 Å². The number of fused-ring (bicyclic) bond motifs is 1. The highest BCUT2D eigenvalue weighted by atomic mass is 19.1. The Morgan fingerprint density at radius 3 is 2.77 bits per heavy atom. The summed E-state index contributed by atoms with van der Waals surface area (Å²) in [5, 5.41) is 0. The van der Waals surface area contributed by atoms with E-state index in [4.69, 9.17) is 5.73 Å². The number of Topliss-reactive ketones (excluding diaryl/α,β-unsaturated/α-hetero) is 1. The van der Waals surface area contributed by atoms with Gasteiger partial charge >= 0.3 is 0 Å². The monoisotopic (exact) mass is 298 g/mol. The van der Waals surface area contributed by atoms with Gasteiger partial charge in [-0.1, -0.05) is 6.07 Å². The van der Waals surface area contributed by atoms with Crippen molar-refractivity contribution in [2.75, 3.05) is 10.6 Å². The van der Waals surface area contributed by atoms with Crippen LogP contribution in [-0.2, 0) is 0 Å². The van der Waals surface area contributed by atoms with Crippen molar-refractivity contribution >= 4 is 23.1 Å². The number of halogens is 1. The van der Waals surface area contributed by atoms with Crippen molar-refractivity contribution in [3.63, 3.8) is 0 Å². The summed E-state index contributed by atoms with van der Waals surface area (Å²) in [6, 6.07) is 10.3. The van der Waals surface area contributed by atoms with Crippen LogP contribution in [0, 0.1) is 5.82 Å². The van der Waals surface area contributed by atoms with Gasteiger partial charge < -0.3 is 10.6 Å². The molecule has 1 atom stereocenters. The predicted molar refractivity (Wildman–Crippen MR) is 82.5 cm³/mol. The first-order valence-electron chi connectivity index (χ1n) is 6.99. The number of nitrogens with zero attached hydrogens (tertiary/aromatic N) is 1. The summed E-state index contributed by atoms with van der Waals surface area (Å²) in [6.07, 6.45) is 0.171. The Kier molecular flexibility index (Phi) is 3.41. The van der Waals surface area contributed by atoms with Gasteiger partial charge in [0.25, 0.3) is 5.91 Å². The summed E-state index contributed by atoms with van der Waals surface area (Å²) in [6.45, 7) is 1.80. The molecule has 1 heterocycles. The Morgan fingerprint density at radius 1 is 1.27 bits per heavy atom. The van der Waals surface area contributed by atoms with E-state index in [1.54, 1.807) is 31.2 Å². The van der Waals surface area contributed by atoms with E-state index in [2.05, 4.69) is 0 Å². The lowest BCUT2D eigenvalue weighted by Crippen LogP contribution is -2.44. The summed E-state index contributed by atoms with van der Waals surface area (Å²) in [5.41, 5.74) is 7.34. The van der Waals surface area contributed by atoms with Crippen LogP contribution in [0.1, 0.15) is 34.1 Å². The van der Waals surface area contributed by atoms with Gasteiger partial charge in [-0.3, -0.25) is 9.59 Å². The smallest absolute Gasteiger partial charge is 0.258 e. The number of nitrogen functional groups attached to an aromatic ring is 1. The SMILES string of the molecule is CC1CC(=O)c2cc(F)ccc2N1C(=O)c1cccc(N)c1. The van der Waals surface area contributed by atoms with Crippen molar-refractivity contribution in [3.8, 4) is 0 Å². The average molecular weight is 298 g/mol. The van der Waals surface area contributed by atoms with Gasteiger partial charge in [0.05, 0.1) is 5.69 Å². The van der Waals surface area contributed by atoms with Crippen LogP contribution in [0.3, 0.4) is 0 Å². The topological polar surface area (TPSA) is 63.4 Å². The molecule has 0 aliphatic carbocycles. The van der Waals surface area contributed by atoms with Crippen molar-refractivity contribution in [1.82, 2.24) is 0 Å². The number of rotatable bonds is 1. The number of hydrogen-bond acceptors (Lipinski definition) is 3. The number of anilines is 2. The third-order valence-corrected chi connectivity index (χ3v) is 3.79. The van der Waals surface area contributed by atoms with Crippen LogP contribution in [0.2, 0.25) is 0 Å². The molecular formula is C17H15FN2O2. The number of carbonyl (C=O) groups is 2. The highest BCUT2D eigenvalue weighted by Crippen LogP contribution is 2.32. The van der Waals surface area contributed by atoms with Crippen molar-refractivity contribution in [2.45, 2.75) is 19.4 Å². The van der Waals surface area contributed by atoms with Crippen molar-refractivity contribution in [1.29, 1.82) is 0 Å². The molecule has 0 bridgehead atoms. The molecular weight excluding hydrogens is 283 g/mol. The van der Waals surface area contributed by atoms with E-state index in [0.717, 1.165) is 0 Å². The molecule has 112 valence electrons. The van der Waals surface area contributed by atoms with Crippen molar-refractivity contribution < 1.29 is 14.0 Å². The lowest BCUT2D eigenvalue weighted by molar-refractivity contribution is 0.0936. The molecule has 1 aliphatic heterocycles. The van der Waals surface area contributed by atoms with E-state index in [-0.39, 0.29) is 29.7 Å².